The summed E-state index contributed by atoms with van der Waals surface area (Å²) in [6.07, 6.45) is -0.562. The lowest BCUT2D eigenvalue weighted by atomic mass is 9.98. The first-order chi connectivity index (χ1) is 12.3. The SMILES string of the molecule is Cc1ccc(C)c(OC(C)C(=O)Nc2ccc(C(C)CC(=O)O)cc2)c1. The molecule has 0 radical (unpaired) electrons. The van der Waals surface area contributed by atoms with Crippen LogP contribution in [0.4, 0.5) is 5.69 Å². The Morgan fingerprint density at radius 3 is 2.35 bits per heavy atom. The van der Waals surface area contributed by atoms with Crippen molar-refractivity contribution in [2.24, 2.45) is 0 Å². The molecule has 0 aliphatic heterocycles. The Kier molecular flexibility index (Phi) is 6.39. The standard InChI is InChI=1S/C21H25NO4/c1-13-5-6-14(2)19(11-13)26-16(4)21(25)22-18-9-7-17(8-10-18)15(3)12-20(23)24/h5-11,15-16H,12H2,1-4H3,(H,22,25)(H,23,24). The van der Waals surface area contributed by atoms with Crippen LogP contribution in [0.3, 0.4) is 0 Å². The third-order valence-corrected chi connectivity index (χ3v) is 4.24. The molecule has 2 N–H and O–H groups in total. The topological polar surface area (TPSA) is 75.6 Å². The van der Waals surface area contributed by atoms with Crippen LogP contribution in [0.15, 0.2) is 42.5 Å². The molecular weight excluding hydrogens is 330 g/mol. The summed E-state index contributed by atoms with van der Waals surface area (Å²) in [6.45, 7) is 7.49. The number of nitrogens with one attached hydrogen (secondary N) is 1. The van der Waals surface area contributed by atoms with E-state index in [1.807, 2.05) is 51.1 Å². The molecule has 1 amide bonds. The number of benzene rings is 2. The summed E-state index contributed by atoms with van der Waals surface area (Å²) in [5.74, 6) is -0.446. The van der Waals surface area contributed by atoms with Gasteiger partial charge in [0.25, 0.3) is 5.91 Å². The highest BCUT2D eigenvalue weighted by atomic mass is 16.5. The molecule has 2 atom stereocenters. The minimum absolute atomic E-state index is 0.0758. The van der Waals surface area contributed by atoms with Crippen molar-refractivity contribution in [2.75, 3.05) is 5.32 Å². The van der Waals surface area contributed by atoms with Gasteiger partial charge in [-0.25, -0.2) is 0 Å². The third-order valence-electron chi connectivity index (χ3n) is 4.24. The number of anilines is 1. The van der Waals surface area contributed by atoms with Crippen LogP contribution in [0.5, 0.6) is 5.75 Å². The number of ether oxygens (including phenoxy) is 1. The summed E-state index contributed by atoms with van der Waals surface area (Å²) in [5, 5.41) is 11.7. The van der Waals surface area contributed by atoms with Crippen LogP contribution in [0.1, 0.15) is 42.9 Å². The van der Waals surface area contributed by atoms with E-state index in [9.17, 15) is 9.59 Å². The minimum atomic E-state index is -0.827. The van der Waals surface area contributed by atoms with Gasteiger partial charge in [-0.1, -0.05) is 31.2 Å². The number of carboxylic acid groups (broad SMARTS) is 1. The maximum absolute atomic E-state index is 12.4. The Morgan fingerprint density at radius 2 is 1.73 bits per heavy atom. The van der Waals surface area contributed by atoms with Gasteiger partial charge in [0.1, 0.15) is 5.75 Å². The lowest BCUT2D eigenvalue weighted by molar-refractivity contribution is -0.137. The number of aryl methyl sites for hydroxylation is 2. The zero-order valence-corrected chi connectivity index (χ0v) is 15.6. The van der Waals surface area contributed by atoms with E-state index < -0.39 is 12.1 Å². The van der Waals surface area contributed by atoms with Crippen molar-refractivity contribution >= 4 is 17.6 Å². The number of aliphatic carboxylic acids is 1. The molecule has 2 unspecified atom stereocenters. The predicted molar refractivity (Wildman–Crippen MR) is 102 cm³/mol. The van der Waals surface area contributed by atoms with Crippen molar-refractivity contribution in [3.05, 3.63) is 59.2 Å². The molecule has 2 aromatic rings. The second-order valence-electron chi connectivity index (χ2n) is 6.64. The van der Waals surface area contributed by atoms with E-state index in [1.54, 1.807) is 19.1 Å². The van der Waals surface area contributed by atoms with E-state index in [-0.39, 0.29) is 18.2 Å². The van der Waals surface area contributed by atoms with Gasteiger partial charge in [0.15, 0.2) is 6.10 Å². The fourth-order valence-corrected chi connectivity index (χ4v) is 2.60. The molecule has 0 spiro atoms. The fraction of sp³-hybridized carbons (Fsp3) is 0.333. The van der Waals surface area contributed by atoms with Gasteiger partial charge in [-0.05, 0) is 61.6 Å². The van der Waals surface area contributed by atoms with Crippen LogP contribution in [-0.2, 0) is 9.59 Å². The first-order valence-corrected chi connectivity index (χ1v) is 8.62. The largest absolute Gasteiger partial charge is 0.481 e. The lowest BCUT2D eigenvalue weighted by Gasteiger charge is -2.17. The smallest absolute Gasteiger partial charge is 0.303 e. The van der Waals surface area contributed by atoms with Crippen LogP contribution >= 0.6 is 0 Å². The second kappa shape index (κ2) is 8.52. The molecule has 0 aliphatic carbocycles. The predicted octanol–water partition coefficient (Wildman–Crippen LogP) is 4.29. The van der Waals surface area contributed by atoms with E-state index in [4.69, 9.17) is 9.84 Å². The van der Waals surface area contributed by atoms with Gasteiger partial charge in [0.05, 0.1) is 6.42 Å². The van der Waals surface area contributed by atoms with Crippen molar-refractivity contribution in [2.45, 2.75) is 46.1 Å². The van der Waals surface area contributed by atoms with E-state index in [0.29, 0.717) is 11.4 Å². The molecule has 0 saturated carbocycles. The van der Waals surface area contributed by atoms with Crippen LogP contribution in [-0.4, -0.2) is 23.1 Å². The number of carbonyl (C=O) groups is 2. The summed E-state index contributed by atoms with van der Waals surface area (Å²) in [7, 11) is 0. The van der Waals surface area contributed by atoms with Crippen molar-refractivity contribution in [1.82, 2.24) is 0 Å². The van der Waals surface area contributed by atoms with Crippen LogP contribution in [0.25, 0.3) is 0 Å². The molecule has 26 heavy (non-hydrogen) atoms. The maximum Gasteiger partial charge on any atom is 0.303 e. The Labute approximate surface area is 154 Å². The molecule has 0 heterocycles. The van der Waals surface area contributed by atoms with Crippen LogP contribution in [0, 0.1) is 13.8 Å². The van der Waals surface area contributed by atoms with Gasteiger partial charge < -0.3 is 15.2 Å². The molecule has 5 nitrogen and oxygen atoms in total. The number of carbonyl (C=O) groups excluding carboxylic acids is 1. The Morgan fingerprint density at radius 1 is 1.08 bits per heavy atom. The maximum atomic E-state index is 12.4. The average molecular weight is 355 g/mol. The summed E-state index contributed by atoms with van der Waals surface area (Å²) < 4.78 is 5.79. The Balaban J connectivity index is 1.98. The summed E-state index contributed by atoms with van der Waals surface area (Å²) in [4.78, 5) is 23.2. The third kappa shape index (κ3) is 5.34. The van der Waals surface area contributed by atoms with Gasteiger partial charge in [-0.15, -0.1) is 0 Å². The number of hydrogen-bond donors (Lipinski definition) is 2. The molecule has 0 aromatic heterocycles. The van der Waals surface area contributed by atoms with Gasteiger partial charge in [0.2, 0.25) is 0 Å². The van der Waals surface area contributed by atoms with Gasteiger partial charge in [0, 0.05) is 5.69 Å². The van der Waals surface area contributed by atoms with Crippen molar-refractivity contribution in [3.8, 4) is 5.75 Å². The molecule has 138 valence electrons. The van der Waals surface area contributed by atoms with Gasteiger partial charge in [-0.2, -0.15) is 0 Å². The zero-order chi connectivity index (χ0) is 19.3. The molecule has 2 aromatic carbocycles. The van der Waals surface area contributed by atoms with Crippen LogP contribution in [0.2, 0.25) is 0 Å². The van der Waals surface area contributed by atoms with Gasteiger partial charge in [-0.3, -0.25) is 9.59 Å². The van der Waals surface area contributed by atoms with Crippen LogP contribution < -0.4 is 10.1 Å². The number of amides is 1. The second-order valence-corrected chi connectivity index (χ2v) is 6.64. The molecular formula is C21H25NO4. The Hall–Kier alpha value is -2.82. The minimum Gasteiger partial charge on any atom is -0.481 e. The first-order valence-electron chi connectivity index (χ1n) is 8.62. The highest BCUT2D eigenvalue weighted by Gasteiger charge is 2.16. The van der Waals surface area contributed by atoms with E-state index >= 15 is 0 Å². The van der Waals surface area contributed by atoms with E-state index in [2.05, 4.69) is 5.32 Å². The highest BCUT2D eigenvalue weighted by Crippen LogP contribution is 2.22. The number of rotatable bonds is 7. The lowest BCUT2D eigenvalue weighted by Crippen LogP contribution is -2.30. The molecule has 0 saturated heterocycles. The van der Waals surface area contributed by atoms with E-state index in [1.165, 1.54) is 0 Å². The molecule has 0 bridgehead atoms. The number of hydrogen-bond acceptors (Lipinski definition) is 3. The van der Waals surface area contributed by atoms with Crippen molar-refractivity contribution < 1.29 is 19.4 Å². The summed E-state index contributed by atoms with van der Waals surface area (Å²) in [5.41, 5.74) is 3.62. The monoisotopic (exact) mass is 355 g/mol. The summed E-state index contributed by atoms with van der Waals surface area (Å²) >= 11 is 0. The number of carboxylic acids is 1. The van der Waals surface area contributed by atoms with Crippen molar-refractivity contribution in [3.63, 3.8) is 0 Å². The molecule has 5 heteroatoms. The molecule has 0 aliphatic rings. The van der Waals surface area contributed by atoms with Crippen molar-refractivity contribution in [1.29, 1.82) is 0 Å². The highest BCUT2D eigenvalue weighted by molar-refractivity contribution is 5.94. The normalized spacial score (nSPS) is 12.9. The molecule has 0 fully saturated rings. The molecule has 2 rings (SSSR count). The fourth-order valence-electron chi connectivity index (χ4n) is 2.60. The van der Waals surface area contributed by atoms with Gasteiger partial charge >= 0.3 is 5.97 Å². The average Bonchev–Trinajstić information content (AvgIpc) is 2.58. The zero-order valence-electron chi connectivity index (χ0n) is 15.6. The quantitative estimate of drug-likeness (QED) is 0.777. The first kappa shape index (κ1) is 19.5. The van der Waals surface area contributed by atoms with E-state index in [0.717, 1.165) is 16.7 Å². The summed E-state index contributed by atoms with van der Waals surface area (Å²) in [6, 6.07) is 13.1. The Bertz CT molecular complexity index is 783.